The van der Waals surface area contributed by atoms with Crippen LogP contribution in [0.2, 0.25) is 5.02 Å². The molecule has 2 aromatic rings. The van der Waals surface area contributed by atoms with Gasteiger partial charge in [0.05, 0.1) is 11.6 Å². The van der Waals surface area contributed by atoms with E-state index in [1.807, 2.05) is 55.7 Å². The molecule has 5 heteroatoms. The number of amides is 1. The van der Waals surface area contributed by atoms with E-state index >= 15 is 0 Å². The topological polar surface area (TPSA) is 38.1 Å². The van der Waals surface area contributed by atoms with Crippen molar-refractivity contribution >= 4 is 17.5 Å². The Labute approximate surface area is 142 Å². The molecule has 1 aliphatic rings. The van der Waals surface area contributed by atoms with Gasteiger partial charge in [-0.05, 0) is 30.5 Å². The Bertz CT molecular complexity index is 687. The lowest BCUT2D eigenvalue weighted by Gasteiger charge is -2.33. The first kappa shape index (κ1) is 16.1. The molecule has 0 unspecified atom stereocenters. The van der Waals surface area contributed by atoms with E-state index in [1.54, 1.807) is 4.68 Å². The average molecular weight is 332 g/mol. The van der Waals surface area contributed by atoms with Gasteiger partial charge in [0.25, 0.3) is 0 Å². The number of likely N-dealkylation sites (N-methyl/N-ethyl adjacent to an activating group) is 1. The highest BCUT2D eigenvalue weighted by Crippen LogP contribution is 2.43. The molecule has 0 saturated heterocycles. The molecule has 3 rings (SSSR count). The van der Waals surface area contributed by atoms with Crippen molar-refractivity contribution < 1.29 is 4.79 Å². The van der Waals surface area contributed by atoms with Gasteiger partial charge in [-0.1, -0.05) is 36.6 Å². The molecule has 1 aromatic heterocycles. The molecule has 1 fully saturated rings. The van der Waals surface area contributed by atoms with E-state index < -0.39 is 5.41 Å². The molecule has 0 bridgehead atoms. The van der Waals surface area contributed by atoms with Crippen LogP contribution in [0.1, 0.15) is 36.8 Å². The number of hydrogen-bond acceptors (Lipinski definition) is 2. The zero-order valence-electron chi connectivity index (χ0n) is 13.6. The fraction of sp³-hybridized carbons (Fsp3) is 0.444. The highest BCUT2D eigenvalue weighted by atomic mass is 35.5. The molecule has 0 spiro atoms. The zero-order chi connectivity index (χ0) is 16.4. The standard InChI is InChI=1S/C18H22ClN3O/c1-21(12-14-11-20-22(2)13-14)17(23)18(9-3-4-10-18)15-5-7-16(19)8-6-15/h5-8,11,13H,3-4,9-10,12H2,1-2H3. The van der Waals surface area contributed by atoms with Crippen molar-refractivity contribution in [2.45, 2.75) is 37.6 Å². The van der Waals surface area contributed by atoms with Crippen LogP contribution >= 0.6 is 11.6 Å². The average Bonchev–Trinajstić information content (AvgIpc) is 3.17. The van der Waals surface area contributed by atoms with Crippen LogP contribution in [0.4, 0.5) is 0 Å². The number of benzene rings is 1. The number of halogens is 1. The van der Waals surface area contributed by atoms with Crippen molar-refractivity contribution in [3.05, 3.63) is 52.8 Å². The highest BCUT2D eigenvalue weighted by molar-refractivity contribution is 6.30. The van der Waals surface area contributed by atoms with Crippen molar-refractivity contribution in [1.82, 2.24) is 14.7 Å². The van der Waals surface area contributed by atoms with E-state index in [0.29, 0.717) is 11.6 Å². The summed E-state index contributed by atoms with van der Waals surface area (Å²) in [5, 5.41) is 4.88. The Kier molecular flexibility index (Phi) is 4.44. The zero-order valence-corrected chi connectivity index (χ0v) is 14.4. The SMILES string of the molecule is CN(Cc1cnn(C)c1)C(=O)C1(c2ccc(Cl)cc2)CCCC1. The summed E-state index contributed by atoms with van der Waals surface area (Å²) in [4.78, 5) is 15.1. The number of hydrogen-bond donors (Lipinski definition) is 0. The molecule has 122 valence electrons. The summed E-state index contributed by atoms with van der Waals surface area (Å²) in [5.74, 6) is 0.196. The maximum Gasteiger partial charge on any atom is 0.233 e. The number of carbonyl (C=O) groups is 1. The van der Waals surface area contributed by atoms with Gasteiger partial charge in [-0.2, -0.15) is 5.10 Å². The minimum absolute atomic E-state index is 0.196. The monoisotopic (exact) mass is 331 g/mol. The Morgan fingerprint density at radius 1 is 1.30 bits per heavy atom. The molecule has 1 saturated carbocycles. The van der Waals surface area contributed by atoms with Crippen LogP contribution in [0.5, 0.6) is 0 Å². The third-order valence-corrected chi connectivity index (χ3v) is 5.04. The van der Waals surface area contributed by atoms with Gasteiger partial charge in [-0.25, -0.2) is 0 Å². The van der Waals surface area contributed by atoms with Crippen molar-refractivity contribution in [3.63, 3.8) is 0 Å². The van der Waals surface area contributed by atoms with Crippen molar-refractivity contribution in [1.29, 1.82) is 0 Å². The third kappa shape index (κ3) is 3.13. The minimum Gasteiger partial charge on any atom is -0.341 e. The molecule has 23 heavy (non-hydrogen) atoms. The first-order valence-electron chi connectivity index (χ1n) is 8.00. The van der Waals surface area contributed by atoms with Crippen LogP contribution in [0.25, 0.3) is 0 Å². The van der Waals surface area contributed by atoms with Crippen LogP contribution in [-0.4, -0.2) is 27.6 Å². The summed E-state index contributed by atoms with van der Waals surface area (Å²) < 4.78 is 1.76. The van der Waals surface area contributed by atoms with E-state index in [-0.39, 0.29) is 5.91 Å². The van der Waals surface area contributed by atoms with Gasteiger partial charge in [0, 0.05) is 37.4 Å². The maximum absolute atomic E-state index is 13.2. The van der Waals surface area contributed by atoms with E-state index in [1.165, 1.54) is 0 Å². The predicted octanol–water partition coefficient (Wildman–Crippen LogP) is 3.54. The Morgan fingerprint density at radius 3 is 2.52 bits per heavy atom. The van der Waals surface area contributed by atoms with E-state index in [4.69, 9.17) is 11.6 Å². The van der Waals surface area contributed by atoms with Crippen LogP contribution in [-0.2, 0) is 23.8 Å². The highest BCUT2D eigenvalue weighted by Gasteiger charge is 2.44. The van der Waals surface area contributed by atoms with Gasteiger partial charge in [-0.3, -0.25) is 9.48 Å². The van der Waals surface area contributed by atoms with Crippen LogP contribution in [0, 0.1) is 0 Å². The second kappa shape index (κ2) is 6.36. The van der Waals surface area contributed by atoms with E-state index in [9.17, 15) is 4.79 Å². The molecule has 4 nitrogen and oxygen atoms in total. The fourth-order valence-corrected chi connectivity index (χ4v) is 3.76. The first-order valence-corrected chi connectivity index (χ1v) is 8.38. The summed E-state index contributed by atoms with van der Waals surface area (Å²) in [6.45, 7) is 0.585. The maximum atomic E-state index is 13.2. The van der Waals surface area contributed by atoms with Gasteiger partial charge in [0.15, 0.2) is 0 Å². The number of nitrogens with zero attached hydrogens (tertiary/aromatic N) is 3. The van der Waals surface area contributed by atoms with Crippen LogP contribution < -0.4 is 0 Å². The van der Waals surface area contributed by atoms with Gasteiger partial charge < -0.3 is 4.90 Å². The largest absolute Gasteiger partial charge is 0.341 e. The second-order valence-corrected chi connectivity index (χ2v) is 6.92. The third-order valence-electron chi connectivity index (χ3n) is 4.79. The quantitative estimate of drug-likeness (QED) is 0.859. The molecule has 0 atom stereocenters. The summed E-state index contributed by atoms with van der Waals surface area (Å²) in [6, 6.07) is 7.77. The lowest BCUT2D eigenvalue weighted by atomic mass is 9.77. The number of rotatable bonds is 4. The second-order valence-electron chi connectivity index (χ2n) is 6.48. The number of aryl methyl sites for hydroxylation is 1. The fourth-order valence-electron chi connectivity index (χ4n) is 3.64. The lowest BCUT2D eigenvalue weighted by molar-refractivity contribution is -0.136. The molecule has 0 N–H and O–H groups in total. The van der Waals surface area contributed by atoms with E-state index in [2.05, 4.69) is 5.10 Å². The summed E-state index contributed by atoms with van der Waals surface area (Å²) in [7, 11) is 3.77. The summed E-state index contributed by atoms with van der Waals surface area (Å²) >= 11 is 6.01. The van der Waals surface area contributed by atoms with Gasteiger partial charge in [0.2, 0.25) is 5.91 Å². The Morgan fingerprint density at radius 2 is 1.96 bits per heavy atom. The molecule has 1 aromatic carbocycles. The number of carbonyl (C=O) groups excluding carboxylic acids is 1. The molecule has 0 radical (unpaired) electrons. The van der Waals surface area contributed by atoms with Gasteiger partial charge >= 0.3 is 0 Å². The minimum atomic E-state index is -0.401. The predicted molar refractivity (Wildman–Crippen MR) is 91.3 cm³/mol. The Balaban J connectivity index is 1.85. The smallest absolute Gasteiger partial charge is 0.233 e. The molecule has 1 amide bonds. The summed E-state index contributed by atoms with van der Waals surface area (Å²) in [6.07, 6.45) is 7.76. The van der Waals surface area contributed by atoms with Crippen molar-refractivity contribution in [3.8, 4) is 0 Å². The lowest BCUT2D eigenvalue weighted by Crippen LogP contribution is -2.43. The molecular formula is C18H22ClN3O. The molecule has 0 aliphatic heterocycles. The van der Waals surface area contributed by atoms with Crippen molar-refractivity contribution in [2.24, 2.45) is 7.05 Å². The van der Waals surface area contributed by atoms with Gasteiger partial charge in [-0.15, -0.1) is 0 Å². The van der Waals surface area contributed by atoms with Crippen LogP contribution in [0.3, 0.4) is 0 Å². The number of aromatic nitrogens is 2. The van der Waals surface area contributed by atoms with Crippen LogP contribution in [0.15, 0.2) is 36.7 Å². The van der Waals surface area contributed by atoms with Crippen molar-refractivity contribution in [2.75, 3.05) is 7.05 Å². The Hall–Kier alpha value is -1.81. The summed E-state index contributed by atoms with van der Waals surface area (Å²) in [5.41, 5.74) is 1.73. The molecule has 1 aliphatic carbocycles. The van der Waals surface area contributed by atoms with E-state index in [0.717, 1.165) is 36.8 Å². The van der Waals surface area contributed by atoms with Gasteiger partial charge in [0.1, 0.15) is 0 Å². The molecular weight excluding hydrogens is 310 g/mol. The normalized spacial score (nSPS) is 16.5. The molecule has 1 heterocycles. The first-order chi connectivity index (χ1) is 11.0.